The lowest BCUT2D eigenvalue weighted by molar-refractivity contribution is 0.453. The first kappa shape index (κ1) is 13.7. The fourth-order valence-electron chi connectivity index (χ4n) is 3.64. The number of rotatable bonds is 2. The minimum Gasteiger partial charge on any atom is -0.339 e. The van der Waals surface area contributed by atoms with Gasteiger partial charge in [-0.25, -0.2) is 9.67 Å². The van der Waals surface area contributed by atoms with Gasteiger partial charge in [-0.05, 0) is 38.1 Å². The molecule has 5 rings (SSSR count). The Kier molecular flexibility index (Phi) is 3.09. The third kappa shape index (κ3) is 2.11. The summed E-state index contributed by atoms with van der Waals surface area (Å²) in [6, 6.07) is 10.3. The first-order valence-corrected chi connectivity index (χ1v) is 8.39. The number of H-pyrrole nitrogens is 1. The zero-order valence-corrected chi connectivity index (χ0v) is 13.2. The van der Waals surface area contributed by atoms with Gasteiger partial charge in [-0.1, -0.05) is 23.4 Å². The molecule has 6 heteroatoms. The van der Waals surface area contributed by atoms with Crippen LogP contribution in [0.25, 0.3) is 27.6 Å². The van der Waals surface area contributed by atoms with Gasteiger partial charge in [0.1, 0.15) is 5.65 Å². The van der Waals surface area contributed by atoms with Crippen LogP contribution in [-0.4, -0.2) is 38.1 Å². The fraction of sp³-hybridized carbons (Fsp3) is 0.278. The van der Waals surface area contributed by atoms with E-state index in [0.717, 1.165) is 59.2 Å². The zero-order chi connectivity index (χ0) is 15.9. The van der Waals surface area contributed by atoms with Gasteiger partial charge in [0.15, 0.2) is 0 Å². The van der Waals surface area contributed by atoms with Gasteiger partial charge in [-0.15, -0.1) is 5.10 Å². The van der Waals surface area contributed by atoms with E-state index in [-0.39, 0.29) is 0 Å². The molecule has 0 atom stereocenters. The Balaban J connectivity index is 1.65. The lowest BCUT2D eigenvalue weighted by atomic mass is 9.95. The molecule has 24 heavy (non-hydrogen) atoms. The smallest absolute Gasteiger partial charge is 0.140 e. The lowest BCUT2D eigenvalue weighted by Gasteiger charge is -2.20. The number of hydrogen-bond acceptors (Lipinski definition) is 4. The standard InChI is InChI=1S/C18H18N6/c1-2-4-14-13(3-1)17-16(7-10-20-18(17)21-14)24-11-15(22-23-24)12-5-8-19-9-6-12/h1-4,7,10-12,19H,5-6,8-9H2,(H,20,21). The molecule has 1 fully saturated rings. The van der Waals surface area contributed by atoms with Crippen molar-refractivity contribution in [2.75, 3.05) is 13.1 Å². The van der Waals surface area contributed by atoms with Crippen LogP contribution in [0.3, 0.4) is 0 Å². The Morgan fingerprint density at radius 2 is 1.96 bits per heavy atom. The summed E-state index contributed by atoms with van der Waals surface area (Å²) >= 11 is 0. The van der Waals surface area contributed by atoms with E-state index in [1.807, 2.05) is 29.1 Å². The number of piperidine rings is 1. The van der Waals surface area contributed by atoms with Crippen LogP contribution in [0.4, 0.5) is 0 Å². The number of aromatic nitrogens is 5. The second-order valence-corrected chi connectivity index (χ2v) is 6.34. The van der Waals surface area contributed by atoms with Gasteiger partial charge < -0.3 is 10.3 Å². The molecule has 0 amide bonds. The highest BCUT2D eigenvalue weighted by Gasteiger charge is 2.19. The third-order valence-corrected chi connectivity index (χ3v) is 4.89. The number of pyridine rings is 1. The van der Waals surface area contributed by atoms with Crippen LogP contribution in [0.15, 0.2) is 42.7 Å². The third-order valence-electron chi connectivity index (χ3n) is 4.89. The van der Waals surface area contributed by atoms with Gasteiger partial charge in [0.25, 0.3) is 0 Å². The molecule has 1 aliphatic rings. The van der Waals surface area contributed by atoms with E-state index in [1.54, 1.807) is 0 Å². The summed E-state index contributed by atoms with van der Waals surface area (Å²) in [7, 11) is 0. The van der Waals surface area contributed by atoms with E-state index < -0.39 is 0 Å². The van der Waals surface area contributed by atoms with Crippen LogP contribution in [0.2, 0.25) is 0 Å². The van der Waals surface area contributed by atoms with Crippen molar-refractivity contribution in [2.45, 2.75) is 18.8 Å². The largest absolute Gasteiger partial charge is 0.339 e. The molecule has 6 nitrogen and oxygen atoms in total. The monoisotopic (exact) mass is 318 g/mol. The van der Waals surface area contributed by atoms with Gasteiger partial charge >= 0.3 is 0 Å². The predicted octanol–water partition coefficient (Wildman–Crippen LogP) is 2.76. The number of nitrogens with one attached hydrogen (secondary N) is 2. The number of fused-ring (bicyclic) bond motifs is 3. The molecule has 0 bridgehead atoms. The van der Waals surface area contributed by atoms with Gasteiger partial charge in [-0.2, -0.15) is 0 Å². The molecule has 0 spiro atoms. The molecule has 3 aromatic heterocycles. The Labute approximate surface area is 138 Å². The van der Waals surface area contributed by atoms with Crippen molar-refractivity contribution in [3.8, 4) is 5.69 Å². The number of hydrogen-bond donors (Lipinski definition) is 2. The van der Waals surface area contributed by atoms with Gasteiger partial charge in [0, 0.05) is 23.0 Å². The molecule has 120 valence electrons. The maximum absolute atomic E-state index is 4.48. The molecule has 1 saturated heterocycles. The maximum Gasteiger partial charge on any atom is 0.140 e. The molecule has 1 aliphatic heterocycles. The molecule has 0 unspecified atom stereocenters. The summed E-state index contributed by atoms with van der Waals surface area (Å²) in [5, 5.41) is 14.5. The number of aromatic amines is 1. The van der Waals surface area contributed by atoms with Gasteiger partial charge in [-0.3, -0.25) is 0 Å². The van der Waals surface area contributed by atoms with Crippen LogP contribution in [0, 0.1) is 0 Å². The topological polar surface area (TPSA) is 71.4 Å². The van der Waals surface area contributed by atoms with Crippen molar-refractivity contribution in [2.24, 2.45) is 0 Å². The average Bonchev–Trinajstić information content (AvgIpc) is 3.27. The average molecular weight is 318 g/mol. The highest BCUT2D eigenvalue weighted by atomic mass is 15.4. The second-order valence-electron chi connectivity index (χ2n) is 6.34. The molecule has 0 aliphatic carbocycles. The quantitative estimate of drug-likeness (QED) is 0.596. The fourth-order valence-corrected chi connectivity index (χ4v) is 3.64. The van der Waals surface area contributed by atoms with Gasteiger partial charge in [0.05, 0.1) is 23.0 Å². The molecule has 4 heterocycles. The van der Waals surface area contributed by atoms with Crippen LogP contribution in [0.5, 0.6) is 0 Å². The molecule has 2 N–H and O–H groups in total. The Morgan fingerprint density at radius 1 is 1.08 bits per heavy atom. The van der Waals surface area contributed by atoms with Crippen LogP contribution in [0.1, 0.15) is 24.5 Å². The molecule has 4 aromatic rings. The van der Waals surface area contributed by atoms with E-state index in [0.29, 0.717) is 5.92 Å². The summed E-state index contributed by atoms with van der Waals surface area (Å²) in [5.74, 6) is 0.500. The van der Waals surface area contributed by atoms with E-state index in [1.165, 1.54) is 0 Å². The Hall–Kier alpha value is -2.73. The van der Waals surface area contributed by atoms with Crippen LogP contribution < -0.4 is 5.32 Å². The molecule has 0 saturated carbocycles. The van der Waals surface area contributed by atoms with Crippen molar-refractivity contribution >= 4 is 21.9 Å². The van der Waals surface area contributed by atoms with E-state index in [2.05, 4.69) is 43.9 Å². The maximum atomic E-state index is 4.48. The number of para-hydroxylation sites is 1. The molecule has 0 radical (unpaired) electrons. The van der Waals surface area contributed by atoms with Crippen LogP contribution in [-0.2, 0) is 0 Å². The summed E-state index contributed by atoms with van der Waals surface area (Å²) in [5.41, 5.74) is 4.07. The summed E-state index contributed by atoms with van der Waals surface area (Å²) in [6.45, 7) is 2.11. The summed E-state index contributed by atoms with van der Waals surface area (Å²) in [4.78, 5) is 7.85. The Bertz CT molecular complexity index is 1010. The predicted molar refractivity (Wildman–Crippen MR) is 93.4 cm³/mol. The number of benzene rings is 1. The molecular formula is C18H18N6. The van der Waals surface area contributed by atoms with Crippen molar-refractivity contribution in [3.05, 3.63) is 48.4 Å². The second kappa shape index (κ2) is 5.42. The van der Waals surface area contributed by atoms with Crippen molar-refractivity contribution < 1.29 is 0 Å². The lowest BCUT2D eigenvalue weighted by Crippen LogP contribution is -2.26. The van der Waals surface area contributed by atoms with Crippen LogP contribution >= 0.6 is 0 Å². The summed E-state index contributed by atoms with van der Waals surface area (Å²) < 4.78 is 1.89. The highest BCUT2D eigenvalue weighted by Crippen LogP contribution is 2.30. The van der Waals surface area contributed by atoms with Crippen molar-refractivity contribution in [1.29, 1.82) is 0 Å². The Morgan fingerprint density at radius 3 is 2.88 bits per heavy atom. The minimum absolute atomic E-state index is 0.500. The molecular weight excluding hydrogens is 300 g/mol. The highest BCUT2D eigenvalue weighted by molar-refractivity contribution is 6.09. The van der Waals surface area contributed by atoms with E-state index in [9.17, 15) is 0 Å². The first-order valence-electron chi connectivity index (χ1n) is 8.39. The van der Waals surface area contributed by atoms with Crippen molar-refractivity contribution in [1.82, 2.24) is 30.3 Å². The summed E-state index contributed by atoms with van der Waals surface area (Å²) in [6.07, 6.45) is 6.14. The van der Waals surface area contributed by atoms with E-state index >= 15 is 0 Å². The molecule has 1 aromatic carbocycles. The van der Waals surface area contributed by atoms with Gasteiger partial charge in [0.2, 0.25) is 0 Å². The minimum atomic E-state index is 0.500. The zero-order valence-electron chi connectivity index (χ0n) is 13.2. The van der Waals surface area contributed by atoms with Crippen molar-refractivity contribution in [3.63, 3.8) is 0 Å². The first-order chi connectivity index (χ1) is 11.9. The SMILES string of the molecule is c1ccc2c(c1)[nH]c1nccc(-n3cc(C4CCNCC4)nn3)c12. The number of nitrogens with zero attached hydrogens (tertiary/aromatic N) is 4. The normalized spacial score (nSPS) is 16.2. The van der Waals surface area contributed by atoms with E-state index in [4.69, 9.17) is 0 Å².